The molecular formula is C13H15BrN2O3. The summed E-state index contributed by atoms with van der Waals surface area (Å²) in [6, 6.07) is 5.47. The minimum Gasteiger partial charge on any atom is -0.478 e. The quantitative estimate of drug-likeness (QED) is 0.808. The molecule has 5 nitrogen and oxygen atoms in total. The summed E-state index contributed by atoms with van der Waals surface area (Å²) in [6.07, 6.45) is 2.57. The normalized spacial score (nSPS) is 10.5. The number of benzene rings is 1. The van der Waals surface area contributed by atoms with Gasteiger partial charge in [0, 0.05) is 30.3 Å². The number of anilines is 1. The lowest BCUT2D eigenvalue weighted by Crippen LogP contribution is -2.33. The molecule has 19 heavy (non-hydrogen) atoms. The maximum Gasteiger partial charge on any atom is 0.328 e. The first-order chi connectivity index (χ1) is 8.93. The summed E-state index contributed by atoms with van der Waals surface area (Å²) in [4.78, 5) is 23.7. The lowest BCUT2D eigenvalue weighted by molar-refractivity contribution is -0.131. The predicted octanol–water partition coefficient (Wildman–Crippen LogP) is 1.73. The van der Waals surface area contributed by atoms with Gasteiger partial charge in [-0.2, -0.15) is 0 Å². The molecule has 2 N–H and O–H groups in total. The third kappa shape index (κ3) is 4.75. The fourth-order valence-electron chi connectivity index (χ4n) is 1.55. The number of nitrogens with one attached hydrogen (secondary N) is 1. The number of carboxylic acids is 1. The van der Waals surface area contributed by atoms with Gasteiger partial charge < -0.3 is 15.3 Å². The highest BCUT2D eigenvalue weighted by Gasteiger charge is 2.09. The number of amides is 1. The number of hydrogen-bond acceptors (Lipinski definition) is 3. The van der Waals surface area contributed by atoms with Gasteiger partial charge in [0.05, 0.1) is 6.54 Å². The van der Waals surface area contributed by atoms with Gasteiger partial charge >= 0.3 is 5.97 Å². The second-order valence-electron chi connectivity index (χ2n) is 3.90. The van der Waals surface area contributed by atoms with Gasteiger partial charge in [0.15, 0.2) is 0 Å². The Bertz CT molecular complexity index is 515. The molecule has 1 amide bonds. The second-order valence-corrected chi connectivity index (χ2v) is 4.82. The average Bonchev–Trinajstić information content (AvgIpc) is 2.36. The molecule has 0 aliphatic heterocycles. The zero-order valence-corrected chi connectivity index (χ0v) is 12.3. The summed E-state index contributed by atoms with van der Waals surface area (Å²) in [5.41, 5.74) is 1.51. The molecule has 6 heteroatoms. The number of halogens is 1. The number of rotatable bonds is 5. The van der Waals surface area contributed by atoms with Crippen molar-refractivity contribution in [3.05, 3.63) is 34.3 Å². The summed E-state index contributed by atoms with van der Waals surface area (Å²) in [7, 11) is 3.35. The Hall–Kier alpha value is -1.82. The number of aliphatic carboxylic acids is 1. The van der Waals surface area contributed by atoms with Gasteiger partial charge in [0.2, 0.25) is 5.91 Å². The van der Waals surface area contributed by atoms with Crippen LogP contribution in [0.3, 0.4) is 0 Å². The molecule has 0 spiro atoms. The predicted molar refractivity (Wildman–Crippen MR) is 78.1 cm³/mol. The maximum atomic E-state index is 11.4. The summed E-state index contributed by atoms with van der Waals surface area (Å²) >= 11 is 3.34. The molecular weight excluding hydrogens is 312 g/mol. The second kappa shape index (κ2) is 6.94. The van der Waals surface area contributed by atoms with Crippen LogP contribution in [0.5, 0.6) is 0 Å². The topological polar surface area (TPSA) is 69.6 Å². The van der Waals surface area contributed by atoms with E-state index in [1.54, 1.807) is 25.1 Å². The first-order valence-corrected chi connectivity index (χ1v) is 6.35. The first kappa shape index (κ1) is 15.2. The fourth-order valence-corrected chi connectivity index (χ4v) is 1.93. The molecule has 0 aromatic heterocycles. The first-order valence-electron chi connectivity index (χ1n) is 5.56. The van der Waals surface area contributed by atoms with Crippen molar-refractivity contribution in [1.29, 1.82) is 0 Å². The van der Waals surface area contributed by atoms with Gasteiger partial charge in [-0.1, -0.05) is 15.9 Å². The van der Waals surface area contributed by atoms with Gasteiger partial charge in [-0.15, -0.1) is 0 Å². The van der Waals surface area contributed by atoms with E-state index in [0.717, 1.165) is 21.8 Å². The van der Waals surface area contributed by atoms with Crippen molar-refractivity contribution in [3.63, 3.8) is 0 Å². The van der Waals surface area contributed by atoms with Crippen LogP contribution in [0.1, 0.15) is 5.56 Å². The van der Waals surface area contributed by atoms with E-state index in [1.165, 1.54) is 6.08 Å². The summed E-state index contributed by atoms with van der Waals surface area (Å²) < 4.78 is 0.842. The van der Waals surface area contributed by atoms with E-state index in [4.69, 9.17) is 5.11 Å². The molecule has 0 heterocycles. The summed E-state index contributed by atoms with van der Waals surface area (Å²) in [5, 5.41) is 11.2. The van der Waals surface area contributed by atoms with E-state index in [1.807, 2.05) is 12.1 Å². The molecule has 0 atom stereocenters. The molecule has 0 aliphatic rings. The van der Waals surface area contributed by atoms with Gasteiger partial charge in [-0.3, -0.25) is 4.79 Å². The van der Waals surface area contributed by atoms with Crippen LogP contribution in [0.4, 0.5) is 5.69 Å². The highest BCUT2D eigenvalue weighted by atomic mass is 79.9. The van der Waals surface area contributed by atoms with Crippen LogP contribution < -0.4 is 10.2 Å². The van der Waals surface area contributed by atoms with E-state index in [2.05, 4.69) is 21.2 Å². The zero-order valence-electron chi connectivity index (χ0n) is 10.7. The van der Waals surface area contributed by atoms with Crippen LogP contribution in [-0.4, -0.2) is 37.6 Å². The summed E-state index contributed by atoms with van der Waals surface area (Å²) in [5.74, 6) is -1.13. The number of hydrogen-bond donors (Lipinski definition) is 2. The molecule has 0 saturated carbocycles. The van der Waals surface area contributed by atoms with Crippen molar-refractivity contribution in [2.24, 2.45) is 0 Å². The van der Waals surface area contributed by atoms with Gasteiger partial charge in [0.1, 0.15) is 0 Å². The molecule has 0 fully saturated rings. The largest absolute Gasteiger partial charge is 0.478 e. The fraction of sp³-hybridized carbons (Fsp3) is 0.231. The standard InChI is InChI=1S/C13H15BrN2O3/c1-15-12(17)8-16(2)11-5-4-10(14)7-9(11)3-6-13(18)19/h3-7H,8H2,1-2H3,(H,15,17)(H,18,19)/b6-3+. The molecule has 0 bridgehead atoms. The Balaban J connectivity index is 3.05. The van der Waals surface area contributed by atoms with E-state index in [-0.39, 0.29) is 12.5 Å². The molecule has 1 aromatic rings. The molecule has 1 aromatic carbocycles. The summed E-state index contributed by atoms with van der Waals surface area (Å²) in [6.45, 7) is 0.200. The van der Waals surface area contributed by atoms with Gasteiger partial charge in [-0.05, 0) is 29.8 Å². The van der Waals surface area contributed by atoms with E-state index < -0.39 is 5.97 Å². The van der Waals surface area contributed by atoms with E-state index >= 15 is 0 Å². The molecule has 0 aliphatic carbocycles. The van der Waals surface area contributed by atoms with Crippen molar-refractivity contribution in [1.82, 2.24) is 5.32 Å². The van der Waals surface area contributed by atoms with Crippen LogP contribution in [-0.2, 0) is 9.59 Å². The monoisotopic (exact) mass is 326 g/mol. The van der Waals surface area contributed by atoms with Crippen LogP contribution in [0.15, 0.2) is 28.7 Å². The van der Waals surface area contributed by atoms with Gasteiger partial charge in [0.25, 0.3) is 0 Å². The highest BCUT2D eigenvalue weighted by Crippen LogP contribution is 2.25. The Labute approximate surface area is 120 Å². The van der Waals surface area contributed by atoms with Crippen molar-refractivity contribution in [3.8, 4) is 0 Å². The number of carboxylic acid groups (broad SMARTS) is 1. The van der Waals surface area contributed by atoms with Crippen LogP contribution in [0, 0.1) is 0 Å². The van der Waals surface area contributed by atoms with Crippen LogP contribution in [0.25, 0.3) is 6.08 Å². The maximum absolute atomic E-state index is 11.4. The number of carbonyl (C=O) groups is 2. The Kier molecular flexibility index (Phi) is 5.57. The van der Waals surface area contributed by atoms with E-state index in [0.29, 0.717) is 0 Å². The minimum absolute atomic E-state index is 0.112. The third-order valence-electron chi connectivity index (χ3n) is 2.47. The smallest absolute Gasteiger partial charge is 0.328 e. The number of carbonyl (C=O) groups excluding carboxylic acids is 1. The SMILES string of the molecule is CNC(=O)CN(C)c1ccc(Br)cc1/C=C/C(=O)O. The highest BCUT2D eigenvalue weighted by molar-refractivity contribution is 9.10. The van der Waals surface area contributed by atoms with Crippen molar-refractivity contribution in [2.75, 3.05) is 25.5 Å². The molecule has 102 valence electrons. The third-order valence-corrected chi connectivity index (χ3v) is 2.96. The minimum atomic E-state index is -1.01. The molecule has 0 saturated heterocycles. The van der Waals surface area contributed by atoms with Crippen LogP contribution >= 0.6 is 15.9 Å². The zero-order chi connectivity index (χ0) is 14.4. The Morgan fingerprint density at radius 3 is 2.74 bits per heavy atom. The Morgan fingerprint density at radius 2 is 2.16 bits per heavy atom. The lowest BCUT2D eigenvalue weighted by atomic mass is 10.1. The van der Waals surface area contributed by atoms with Crippen molar-refractivity contribution in [2.45, 2.75) is 0 Å². The molecule has 0 radical (unpaired) electrons. The molecule has 1 rings (SSSR count). The average molecular weight is 327 g/mol. The number of nitrogens with zero attached hydrogens (tertiary/aromatic N) is 1. The number of likely N-dealkylation sites (N-methyl/N-ethyl adjacent to an activating group) is 2. The van der Waals surface area contributed by atoms with E-state index in [9.17, 15) is 9.59 Å². The lowest BCUT2D eigenvalue weighted by Gasteiger charge is -2.20. The van der Waals surface area contributed by atoms with Crippen molar-refractivity contribution < 1.29 is 14.7 Å². The van der Waals surface area contributed by atoms with Crippen LogP contribution in [0.2, 0.25) is 0 Å². The van der Waals surface area contributed by atoms with Crippen molar-refractivity contribution >= 4 is 39.6 Å². The van der Waals surface area contributed by atoms with Gasteiger partial charge in [-0.25, -0.2) is 4.79 Å². The molecule has 0 unspecified atom stereocenters. The Morgan fingerprint density at radius 1 is 1.47 bits per heavy atom.